The quantitative estimate of drug-likeness (QED) is 0.0180. The van der Waals surface area contributed by atoms with Crippen molar-refractivity contribution >= 4 is 104 Å². The Balaban J connectivity index is 0.000000200. The lowest BCUT2D eigenvalue weighted by Gasteiger charge is -2.35. The molecule has 0 bridgehead atoms. The molecule has 5 N–H and O–H groups in total. The van der Waals surface area contributed by atoms with Crippen molar-refractivity contribution in [3.63, 3.8) is 0 Å². The molecule has 4 aromatic heterocycles. The van der Waals surface area contributed by atoms with E-state index in [9.17, 15) is 48.6 Å². The van der Waals surface area contributed by atoms with Crippen LogP contribution < -0.4 is 34.9 Å². The first kappa shape index (κ1) is 94.2. The summed E-state index contributed by atoms with van der Waals surface area (Å²) in [6.45, 7) is 32.6. The molecule has 0 radical (unpaired) electrons. The van der Waals surface area contributed by atoms with Crippen LogP contribution in [0.25, 0.3) is 33.4 Å². The number of likely N-dealkylation sites (tertiary alicyclic amines) is 3. The number of piperazine rings is 1. The summed E-state index contributed by atoms with van der Waals surface area (Å²) in [7, 11) is 0. The van der Waals surface area contributed by atoms with E-state index in [2.05, 4.69) is 25.8 Å². The van der Waals surface area contributed by atoms with Gasteiger partial charge in [0.25, 0.3) is 0 Å². The Hall–Kier alpha value is -8.90. The fourth-order valence-electron chi connectivity index (χ4n) is 20.5. The normalized spacial score (nSPS) is 27.0. The average molecular weight is 1800 g/mol. The van der Waals surface area contributed by atoms with Gasteiger partial charge in [0, 0.05) is 137 Å². The molecule has 4 saturated heterocycles. The molecule has 16 rings (SSSR count). The van der Waals surface area contributed by atoms with Crippen LogP contribution in [0.2, 0.25) is 0 Å². The Morgan fingerprint density at radius 2 is 0.921 bits per heavy atom. The standard InChI is InChI=1S/C48H66N6O8.C47H65N7O8.CH2Cl2/c1-7-32-26-48(32,46(58)59)27-40(55)39-23-35(28-53(39)45(57)37(47(4,5)6)24-44(56)62-34-20-30-19-31(30)21-34)61-41-25-43(54-16-13-42(51-54)49-29(2)3)50-38-22-33(11-12-36(38)41)60-18-17-52-14-9-8-10-15-52;1-7-31-25-47(31,45(58)59)26-39(55)38-22-34(27-53(38)44(57)36(46(4,5)6)23-43(56)62-33-19-29-18-30(29)20-33)61-40-24-42(54-13-10-41(51-54)49-28(2)3)50-37-21-32(8-9-35(37)40)60-17-16-52-14-11-48-12-15-52;2-1-3/h11-13,16,22,25,29-32,34-35,37,39H,7-10,14-15,17-21,23-24,26-28H2,1-6H3,(H,49,51)(H,58,59);8-10,13,21,24,28-31,33-34,36,38,48H,7,11-12,14-20,22-23,25-27H2,1-6H3,(H,49,51)(H,58,59);1H2/t30-,31?,32+,34?,35?,37+,39-,48+;29-,30?,31+,33?,34?,36+,38-,47+;/m00./s1. The topological polar surface area (TPSA) is 343 Å². The number of carbonyl (C=O) groups excluding carboxylic acids is 6. The maximum atomic E-state index is 14.9. The van der Waals surface area contributed by atoms with Gasteiger partial charge in [0.05, 0.1) is 77.1 Å². The SMILES string of the molecule is CC[C@@H]1C[C@]1(CC(=O)[C@@H]1CC(Oc2cc(-n3ccc(NC(C)C)n3)nc3cc(OCCN4CCCCC4)ccc23)CN1C(=O)[C@@H](CC(=O)OC1CC2C[C@H]2C1)C(C)(C)C)C(=O)O.CC[C@@H]1C[C@]1(CC(=O)[C@@H]1CC(Oc2cc(-n3ccc(NC(C)C)n3)nc3cc(OCCN4CCNCC4)ccc23)CN1C(=O)[C@@H](CC(=O)OC1CC2C[C@H]2C1)C(C)(C)C)C(=O)O.ClCCl. The number of nitrogens with one attached hydrogen (secondary N) is 3. The Morgan fingerprint density at radius 1 is 0.528 bits per heavy atom. The second-order valence-corrected chi connectivity index (χ2v) is 41.0. The van der Waals surface area contributed by atoms with E-state index in [0.717, 1.165) is 88.8 Å². The summed E-state index contributed by atoms with van der Waals surface area (Å²) in [5.41, 5.74) is -2.29. The number of nitrogens with zero attached hydrogens (tertiary/aromatic N) is 10. The number of hydrogen-bond acceptors (Lipinski definition) is 23. The van der Waals surface area contributed by atoms with Crippen LogP contribution in [0.15, 0.2) is 73.1 Å². The van der Waals surface area contributed by atoms with Gasteiger partial charge in [0.15, 0.2) is 23.2 Å². The minimum atomic E-state index is -1.14. The number of aromatic nitrogens is 6. The van der Waals surface area contributed by atoms with E-state index in [0.29, 0.717) is 120 Å². The number of pyridine rings is 2. The van der Waals surface area contributed by atoms with E-state index in [1.807, 2.05) is 156 Å². The van der Waals surface area contributed by atoms with Crippen molar-refractivity contribution in [3.05, 3.63) is 73.1 Å². The number of amides is 2. The van der Waals surface area contributed by atoms with Crippen LogP contribution in [0.4, 0.5) is 11.6 Å². The molecule has 2 amide bonds. The minimum absolute atomic E-state index is 0.0801. The number of rotatable bonds is 36. The van der Waals surface area contributed by atoms with Crippen LogP contribution >= 0.6 is 23.2 Å². The average Bonchev–Trinajstić information content (AvgIpc) is 1.58. The van der Waals surface area contributed by atoms with Gasteiger partial charge in [-0.05, 0) is 176 Å². The number of carboxylic acids is 2. The molecule has 31 heteroatoms. The Bertz CT molecular complexity index is 4600. The fourth-order valence-corrected chi connectivity index (χ4v) is 20.5. The Morgan fingerprint density at radius 3 is 1.28 bits per heavy atom. The number of hydrogen-bond donors (Lipinski definition) is 5. The predicted molar refractivity (Wildman–Crippen MR) is 484 cm³/mol. The maximum absolute atomic E-state index is 14.9. The smallest absolute Gasteiger partial charge is 0.310 e. The first-order chi connectivity index (χ1) is 60.6. The summed E-state index contributed by atoms with van der Waals surface area (Å²) in [4.78, 5) is 129. The van der Waals surface area contributed by atoms with E-state index in [4.69, 9.17) is 71.8 Å². The highest BCUT2D eigenvalue weighted by molar-refractivity contribution is 6.40. The zero-order chi connectivity index (χ0) is 90.6. The van der Waals surface area contributed by atoms with Crippen molar-refractivity contribution < 1.29 is 77.0 Å². The largest absolute Gasteiger partial charge is 0.492 e. The first-order valence-electron chi connectivity index (χ1n) is 46.5. The molecule has 6 saturated carbocycles. The van der Waals surface area contributed by atoms with E-state index in [1.54, 1.807) is 19.2 Å². The van der Waals surface area contributed by atoms with Gasteiger partial charge in [-0.25, -0.2) is 19.3 Å². The van der Waals surface area contributed by atoms with Crippen molar-refractivity contribution in [1.29, 1.82) is 0 Å². The number of halogens is 2. The van der Waals surface area contributed by atoms with E-state index < -0.39 is 81.7 Å². The molecule has 16 atom stereocenters. The van der Waals surface area contributed by atoms with Gasteiger partial charge in [-0.1, -0.05) is 74.7 Å². The van der Waals surface area contributed by atoms with E-state index >= 15 is 0 Å². The molecule has 2 aromatic carbocycles. The highest BCUT2D eigenvalue weighted by Crippen LogP contribution is 2.60. The molecule has 4 aliphatic heterocycles. The highest BCUT2D eigenvalue weighted by atomic mass is 35.5. The number of esters is 2. The molecule has 0 spiro atoms. The van der Waals surface area contributed by atoms with Crippen LogP contribution in [0, 0.1) is 69.0 Å². The van der Waals surface area contributed by atoms with Crippen LogP contribution in [0.5, 0.6) is 23.0 Å². The summed E-state index contributed by atoms with van der Waals surface area (Å²) in [5.74, 6) is 1.60. The van der Waals surface area contributed by atoms with Gasteiger partial charge in [0.1, 0.15) is 72.3 Å². The lowest BCUT2D eigenvalue weighted by atomic mass is 9.77. The number of anilines is 2. The lowest BCUT2D eigenvalue weighted by molar-refractivity contribution is -0.157. The Labute approximate surface area is 756 Å². The van der Waals surface area contributed by atoms with Crippen molar-refractivity contribution in [3.8, 4) is 34.6 Å². The molecule has 6 aromatic rings. The molecule has 6 unspecified atom stereocenters. The first-order valence-corrected chi connectivity index (χ1v) is 47.6. The van der Waals surface area contributed by atoms with E-state index in [-0.39, 0.29) is 116 Å². The number of carbonyl (C=O) groups is 8. The molecule has 127 heavy (non-hydrogen) atoms. The predicted octanol–water partition coefficient (Wildman–Crippen LogP) is 14.5. The van der Waals surface area contributed by atoms with Crippen molar-refractivity contribution in [2.45, 2.75) is 254 Å². The van der Waals surface area contributed by atoms with Crippen LogP contribution in [0.3, 0.4) is 0 Å². The number of fused-ring (bicyclic) bond motifs is 4. The van der Waals surface area contributed by atoms with Crippen LogP contribution in [0.1, 0.15) is 205 Å². The highest BCUT2D eigenvalue weighted by Gasteiger charge is 2.63. The fraction of sp³-hybridized carbons (Fsp3) is 0.667. The van der Waals surface area contributed by atoms with Crippen LogP contribution in [-0.2, 0) is 47.8 Å². The van der Waals surface area contributed by atoms with Gasteiger partial charge in [-0.15, -0.1) is 33.4 Å². The molecule has 10 fully saturated rings. The molecule has 10 aliphatic rings. The van der Waals surface area contributed by atoms with Crippen molar-refractivity contribution in [1.82, 2.24) is 54.4 Å². The Kier molecular flexibility index (Phi) is 29.8. The third kappa shape index (κ3) is 23.1. The number of carboxylic acid groups (broad SMARTS) is 2. The summed E-state index contributed by atoms with van der Waals surface area (Å²) in [6.07, 6.45) is 13.8. The monoisotopic (exact) mass is 1790 g/mol. The van der Waals surface area contributed by atoms with Crippen molar-refractivity contribution in [2.24, 2.45) is 69.0 Å². The summed E-state index contributed by atoms with van der Waals surface area (Å²) >= 11 is 9.53. The summed E-state index contributed by atoms with van der Waals surface area (Å²) in [6, 6.07) is 17.4. The van der Waals surface area contributed by atoms with Crippen molar-refractivity contribution in [2.75, 3.05) is 94.6 Å². The molecule has 6 aliphatic carbocycles. The molecule has 692 valence electrons. The molecule has 8 heterocycles. The molecular formula is C96H133Cl2N13O16. The number of ketones is 2. The van der Waals surface area contributed by atoms with Crippen LogP contribution in [-0.4, -0.2) is 239 Å². The third-order valence-corrected chi connectivity index (χ3v) is 28.1. The number of alkyl halides is 2. The van der Waals surface area contributed by atoms with Gasteiger partial charge < -0.3 is 64.4 Å². The lowest BCUT2D eigenvalue weighted by Crippen LogP contribution is -2.48. The van der Waals surface area contributed by atoms with Gasteiger partial charge in [0.2, 0.25) is 11.8 Å². The summed E-state index contributed by atoms with van der Waals surface area (Å²) < 4.78 is 41.4. The summed E-state index contributed by atoms with van der Waals surface area (Å²) in [5, 5.41) is 41.7. The number of ether oxygens (including phenoxy) is 6. The van der Waals surface area contributed by atoms with Gasteiger partial charge in [-0.3, -0.25) is 48.2 Å². The second-order valence-electron chi connectivity index (χ2n) is 40.2. The van der Waals surface area contributed by atoms with E-state index in [1.165, 1.54) is 32.1 Å². The molecular weight excluding hydrogens is 1660 g/mol. The number of aliphatic carboxylic acids is 2. The minimum Gasteiger partial charge on any atom is -0.492 e. The molecule has 29 nitrogen and oxygen atoms in total. The zero-order valence-corrected chi connectivity index (χ0v) is 77.6. The number of Topliss-reactive ketones (excluding diaryl/α,β-unsaturated/α-hetero) is 2. The second kappa shape index (κ2) is 40.2. The van der Waals surface area contributed by atoms with Gasteiger partial charge >= 0.3 is 23.9 Å². The number of benzene rings is 2. The zero-order valence-electron chi connectivity index (χ0n) is 76.1. The number of piperidine rings is 1. The third-order valence-electron chi connectivity index (χ3n) is 28.1. The maximum Gasteiger partial charge on any atom is 0.310 e. The van der Waals surface area contributed by atoms with Gasteiger partial charge in [-0.2, -0.15) is 0 Å².